The molecule has 0 amide bonds. The molecule has 3 unspecified atom stereocenters. The monoisotopic (exact) mass is 298 g/mol. The summed E-state index contributed by atoms with van der Waals surface area (Å²) in [4.78, 5) is 14.4. The van der Waals surface area contributed by atoms with Crippen molar-refractivity contribution in [2.24, 2.45) is 11.7 Å². The Bertz CT molecular complexity index is 348. The Morgan fingerprint density at radius 1 is 1.38 bits per heavy atom. The number of esters is 1. The van der Waals surface area contributed by atoms with Gasteiger partial charge in [0.2, 0.25) is 0 Å². The predicted molar refractivity (Wildman–Crippen MR) is 82.0 cm³/mol. The average molecular weight is 298 g/mol. The maximum Gasteiger partial charge on any atom is 0.326 e. The second-order valence-corrected chi connectivity index (χ2v) is 6.43. The minimum absolute atomic E-state index is 0.240. The smallest absolute Gasteiger partial charge is 0.326 e. The Balaban J connectivity index is 1.83. The van der Waals surface area contributed by atoms with Crippen LogP contribution in [0.15, 0.2) is 0 Å². The summed E-state index contributed by atoms with van der Waals surface area (Å²) in [7, 11) is 1.43. The number of ether oxygens (including phenoxy) is 2. The Labute approximate surface area is 128 Å². The van der Waals surface area contributed by atoms with Crippen LogP contribution in [0.5, 0.6) is 0 Å². The summed E-state index contributed by atoms with van der Waals surface area (Å²) in [6, 6.07) is 0. The SMILES string of the molecule is CCOC1CCCN(CCC2CCCC2(N)C(=O)OC)C1. The number of hydrogen-bond acceptors (Lipinski definition) is 5. The van der Waals surface area contributed by atoms with Crippen LogP contribution in [0.3, 0.4) is 0 Å². The van der Waals surface area contributed by atoms with E-state index < -0.39 is 5.54 Å². The molecule has 5 heteroatoms. The van der Waals surface area contributed by atoms with Gasteiger partial charge in [-0.05, 0) is 58.0 Å². The first kappa shape index (κ1) is 16.7. The summed E-state index contributed by atoms with van der Waals surface area (Å²) in [6.07, 6.45) is 6.52. The van der Waals surface area contributed by atoms with Gasteiger partial charge in [-0.2, -0.15) is 0 Å². The van der Waals surface area contributed by atoms with Crippen LogP contribution in [0.25, 0.3) is 0 Å². The van der Waals surface area contributed by atoms with Gasteiger partial charge < -0.3 is 20.1 Å². The minimum Gasteiger partial charge on any atom is -0.468 e. The zero-order valence-corrected chi connectivity index (χ0v) is 13.5. The molecule has 122 valence electrons. The summed E-state index contributed by atoms with van der Waals surface area (Å²) in [5.74, 6) is 0.00765. The molecular formula is C16H30N2O3. The number of piperidine rings is 1. The highest BCUT2D eigenvalue weighted by molar-refractivity contribution is 5.81. The molecule has 1 saturated heterocycles. The Kier molecular flexibility index (Phi) is 6.02. The first-order chi connectivity index (χ1) is 10.1. The van der Waals surface area contributed by atoms with E-state index in [9.17, 15) is 4.79 Å². The summed E-state index contributed by atoms with van der Waals surface area (Å²) in [6.45, 7) is 5.98. The number of carbonyl (C=O) groups is 1. The molecule has 1 saturated carbocycles. The number of hydrogen-bond donors (Lipinski definition) is 1. The first-order valence-corrected chi connectivity index (χ1v) is 8.31. The Morgan fingerprint density at radius 2 is 2.19 bits per heavy atom. The van der Waals surface area contributed by atoms with Crippen LogP contribution in [0.1, 0.15) is 45.4 Å². The van der Waals surface area contributed by atoms with E-state index in [-0.39, 0.29) is 11.9 Å². The molecule has 0 bridgehead atoms. The standard InChI is InChI=1S/C16H30N2O3/c1-3-21-14-7-5-10-18(12-14)11-8-13-6-4-9-16(13,17)15(19)20-2/h13-14H,3-12,17H2,1-2H3. The lowest BCUT2D eigenvalue weighted by atomic mass is 9.85. The van der Waals surface area contributed by atoms with Crippen molar-refractivity contribution in [2.75, 3.05) is 33.4 Å². The third-order valence-electron chi connectivity index (χ3n) is 5.10. The van der Waals surface area contributed by atoms with E-state index in [2.05, 4.69) is 11.8 Å². The lowest BCUT2D eigenvalue weighted by Crippen LogP contribution is -2.52. The van der Waals surface area contributed by atoms with Crippen molar-refractivity contribution >= 4 is 5.97 Å². The van der Waals surface area contributed by atoms with Crippen LogP contribution in [0.2, 0.25) is 0 Å². The van der Waals surface area contributed by atoms with Gasteiger partial charge in [0.1, 0.15) is 5.54 Å². The normalized spacial score (nSPS) is 34.0. The Morgan fingerprint density at radius 3 is 2.90 bits per heavy atom. The number of carbonyl (C=O) groups excluding carboxylic acids is 1. The van der Waals surface area contributed by atoms with E-state index in [4.69, 9.17) is 15.2 Å². The second-order valence-electron chi connectivity index (χ2n) is 6.43. The molecule has 0 aromatic carbocycles. The largest absolute Gasteiger partial charge is 0.468 e. The maximum absolute atomic E-state index is 12.0. The summed E-state index contributed by atoms with van der Waals surface area (Å²) >= 11 is 0. The van der Waals surface area contributed by atoms with Crippen LogP contribution in [-0.4, -0.2) is 55.9 Å². The molecule has 1 heterocycles. The van der Waals surface area contributed by atoms with Gasteiger partial charge in [-0.1, -0.05) is 6.42 Å². The molecule has 21 heavy (non-hydrogen) atoms. The van der Waals surface area contributed by atoms with Crippen LogP contribution in [-0.2, 0) is 14.3 Å². The van der Waals surface area contributed by atoms with Crippen LogP contribution in [0.4, 0.5) is 0 Å². The van der Waals surface area contributed by atoms with Gasteiger partial charge in [0.15, 0.2) is 0 Å². The van der Waals surface area contributed by atoms with E-state index >= 15 is 0 Å². The first-order valence-electron chi connectivity index (χ1n) is 8.31. The van der Waals surface area contributed by atoms with E-state index in [1.54, 1.807) is 0 Å². The fourth-order valence-electron chi connectivity index (χ4n) is 3.89. The van der Waals surface area contributed by atoms with Gasteiger partial charge in [-0.3, -0.25) is 4.79 Å². The van der Waals surface area contributed by atoms with Gasteiger partial charge >= 0.3 is 5.97 Å². The molecule has 3 atom stereocenters. The maximum atomic E-state index is 12.0. The molecule has 2 rings (SSSR count). The zero-order valence-electron chi connectivity index (χ0n) is 13.5. The molecule has 2 fully saturated rings. The van der Waals surface area contributed by atoms with E-state index in [0.29, 0.717) is 6.10 Å². The minimum atomic E-state index is -0.760. The lowest BCUT2D eigenvalue weighted by molar-refractivity contribution is -0.148. The highest BCUT2D eigenvalue weighted by Gasteiger charge is 2.46. The van der Waals surface area contributed by atoms with Crippen molar-refractivity contribution in [3.05, 3.63) is 0 Å². The molecule has 0 radical (unpaired) electrons. The lowest BCUT2D eigenvalue weighted by Gasteiger charge is -2.35. The van der Waals surface area contributed by atoms with Crippen LogP contribution >= 0.6 is 0 Å². The molecule has 5 nitrogen and oxygen atoms in total. The Hall–Kier alpha value is -0.650. The summed E-state index contributed by atoms with van der Waals surface area (Å²) in [5, 5.41) is 0. The molecule has 2 aliphatic rings. The highest BCUT2D eigenvalue weighted by atomic mass is 16.5. The third kappa shape index (κ3) is 3.96. The predicted octanol–water partition coefficient (Wildman–Crippen LogP) is 1.55. The fraction of sp³-hybridized carbons (Fsp3) is 0.938. The average Bonchev–Trinajstić information content (AvgIpc) is 2.87. The van der Waals surface area contributed by atoms with Crippen molar-refractivity contribution in [2.45, 2.75) is 57.1 Å². The third-order valence-corrected chi connectivity index (χ3v) is 5.10. The molecule has 0 aromatic rings. The number of nitrogens with zero attached hydrogens (tertiary/aromatic N) is 1. The van der Waals surface area contributed by atoms with E-state index in [0.717, 1.165) is 58.3 Å². The summed E-state index contributed by atoms with van der Waals surface area (Å²) < 4.78 is 10.7. The van der Waals surface area contributed by atoms with Crippen LogP contribution in [0, 0.1) is 5.92 Å². The topological polar surface area (TPSA) is 64.8 Å². The second kappa shape index (κ2) is 7.56. The van der Waals surface area contributed by atoms with E-state index in [1.165, 1.54) is 13.5 Å². The molecule has 0 spiro atoms. The number of nitrogens with two attached hydrogens (primary N) is 1. The van der Waals surface area contributed by atoms with Crippen molar-refractivity contribution in [1.29, 1.82) is 0 Å². The van der Waals surface area contributed by atoms with E-state index in [1.807, 2.05) is 0 Å². The number of methoxy groups -OCH3 is 1. The molecule has 0 aromatic heterocycles. The van der Waals surface area contributed by atoms with Gasteiger partial charge in [-0.15, -0.1) is 0 Å². The van der Waals surface area contributed by atoms with Crippen molar-refractivity contribution in [3.8, 4) is 0 Å². The zero-order chi connectivity index (χ0) is 15.3. The molecular weight excluding hydrogens is 268 g/mol. The van der Waals surface area contributed by atoms with Gasteiger partial charge in [-0.25, -0.2) is 0 Å². The van der Waals surface area contributed by atoms with Gasteiger partial charge in [0.05, 0.1) is 13.2 Å². The number of rotatable bonds is 6. The van der Waals surface area contributed by atoms with Crippen LogP contribution < -0.4 is 5.73 Å². The molecule has 1 aliphatic heterocycles. The molecule has 2 N–H and O–H groups in total. The van der Waals surface area contributed by atoms with Crippen molar-refractivity contribution < 1.29 is 14.3 Å². The van der Waals surface area contributed by atoms with Gasteiger partial charge in [0.25, 0.3) is 0 Å². The summed E-state index contributed by atoms with van der Waals surface area (Å²) in [5.41, 5.74) is 5.57. The number of likely N-dealkylation sites (tertiary alicyclic amines) is 1. The van der Waals surface area contributed by atoms with Crippen molar-refractivity contribution in [3.63, 3.8) is 0 Å². The van der Waals surface area contributed by atoms with Crippen molar-refractivity contribution in [1.82, 2.24) is 4.90 Å². The highest BCUT2D eigenvalue weighted by Crippen LogP contribution is 2.37. The van der Waals surface area contributed by atoms with Gasteiger partial charge in [0, 0.05) is 13.2 Å². The molecule has 1 aliphatic carbocycles. The quantitative estimate of drug-likeness (QED) is 0.754. The fourth-order valence-corrected chi connectivity index (χ4v) is 3.89.